The molecule has 0 bridgehead atoms. The number of anilines is 1. The molecule has 0 aromatic heterocycles. The number of amides is 5. The molecule has 0 radical (unpaired) electrons. The number of benzene rings is 1. The predicted octanol–water partition coefficient (Wildman–Crippen LogP) is 6.54. The monoisotopic (exact) mass is 646 g/mol. The molecule has 1 aromatic carbocycles. The number of hydrogen-bond donors (Lipinski definition) is 3. The molecule has 254 valence electrons. The molecule has 1 aliphatic heterocycles. The van der Waals surface area contributed by atoms with Crippen LogP contribution >= 0.6 is 0 Å². The Kier molecular flexibility index (Phi) is 11.2. The third-order valence-corrected chi connectivity index (χ3v) is 10.7. The largest absolute Gasteiger partial charge is 0.481 e. The van der Waals surface area contributed by atoms with E-state index in [0.29, 0.717) is 42.2 Å². The molecule has 1 atom stereocenters. The van der Waals surface area contributed by atoms with E-state index in [0.717, 1.165) is 50.0 Å². The van der Waals surface area contributed by atoms with Gasteiger partial charge < -0.3 is 20.6 Å². The molecule has 3 aliphatic carbocycles. The van der Waals surface area contributed by atoms with E-state index in [-0.39, 0.29) is 42.8 Å². The summed E-state index contributed by atoms with van der Waals surface area (Å²) >= 11 is 0. The van der Waals surface area contributed by atoms with Gasteiger partial charge in [-0.05, 0) is 81.1 Å². The van der Waals surface area contributed by atoms with Gasteiger partial charge in [-0.1, -0.05) is 63.7 Å². The summed E-state index contributed by atoms with van der Waals surface area (Å²) in [5, 5.41) is 14.7. The van der Waals surface area contributed by atoms with Crippen molar-refractivity contribution in [1.29, 1.82) is 0 Å². The highest BCUT2D eigenvalue weighted by Gasteiger charge is 2.37. The minimum Gasteiger partial charge on any atom is -0.481 e. The molecule has 1 aromatic rings. The Hall–Kier alpha value is -3.95. The molecule has 1 heterocycles. The molecule has 1 unspecified atom stereocenters. The number of fused-ring (bicyclic) bond motifs is 1. The fraction of sp³-hybridized carbons (Fsp3) is 0.595. The van der Waals surface area contributed by atoms with Crippen molar-refractivity contribution in [3.05, 3.63) is 53.1 Å². The highest BCUT2D eigenvalue weighted by Crippen LogP contribution is 2.40. The minimum atomic E-state index is -0.961. The predicted molar refractivity (Wildman–Crippen MR) is 180 cm³/mol. The van der Waals surface area contributed by atoms with E-state index in [2.05, 4.69) is 10.6 Å². The van der Waals surface area contributed by atoms with Crippen LogP contribution in [-0.2, 0) is 9.59 Å². The van der Waals surface area contributed by atoms with Crippen molar-refractivity contribution >= 4 is 35.4 Å². The summed E-state index contributed by atoms with van der Waals surface area (Å²) < 4.78 is 0. The summed E-state index contributed by atoms with van der Waals surface area (Å²) in [6, 6.07) is 4.74. The van der Waals surface area contributed by atoms with Crippen LogP contribution in [0.2, 0.25) is 0 Å². The van der Waals surface area contributed by atoms with Crippen LogP contribution in [0.15, 0.2) is 42.0 Å². The SMILES string of the molecule is CCCCN1C(=O)c2ccc(NC(=O)N(CC3=CCC(C)(C(=O)NCCC(=O)O)C=C3)C3CCC(C4CCCCC4)CC3)cc2C1=O. The Balaban J connectivity index is 1.28. The van der Waals surface area contributed by atoms with Gasteiger partial charge in [0.1, 0.15) is 0 Å². The maximum absolute atomic E-state index is 14.0. The van der Waals surface area contributed by atoms with Crippen molar-refractivity contribution in [2.24, 2.45) is 17.3 Å². The molecule has 5 rings (SSSR count). The van der Waals surface area contributed by atoms with E-state index in [1.807, 2.05) is 37.0 Å². The molecule has 10 nitrogen and oxygen atoms in total. The molecular formula is C37H50N4O6. The van der Waals surface area contributed by atoms with Gasteiger partial charge in [-0.2, -0.15) is 0 Å². The number of urea groups is 1. The Morgan fingerprint density at radius 2 is 1.68 bits per heavy atom. The Morgan fingerprint density at radius 1 is 0.979 bits per heavy atom. The van der Waals surface area contributed by atoms with Crippen LogP contribution in [-0.4, -0.2) is 70.3 Å². The number of carbonyl (C=O) groups excluding carboxylic acids is 4. The Bertz CT molecular complexity index is 1420. The number of rotatable bonds is 12. The van der Waals surface area contributed by atoms with Gasteiger partial charge in [0.15, 0.2) is 0 Å². The highest BCUT2D eigenvalue weighted by atomic mass is 16.4. The van der Waals surface area contributed by atoms with E-state index >= 15 is 0 Å². The normalized spacial score (nSPS) is 24.5. The fourth-order valence-electron chi connectivity index (χ4n) is 7.68. The van der Waals surface area contributed by atoms with Gasteiger partial charge in [0.2, 0.25) is 5.91 Å². The van der Waals surface area contributed by atoms with Crippen LogP contribution < -0.4 is 10.6 Å². The molecular weight excluding hydrogens is 596 g/mol. The van der Waals surface area contributed by atoms with E-state index in [9.17, 15) is 24.0 Å². The first-order valence-corrected chi connectivity index (χ1v) is 17.6. The lowest BCUT2D eigenvalue weighted by Gasteiger charge is -2.40. The molecule has 4 aliphatic rings. The van der Waals surface area contributed by atoms with E-state index < -0.39 is 11.4 Å². The number of carboxylic acids is 1. The number of carboxylic acid groups (broad SMARTS) is 1. The third-order valence-electron chi connectivity index (χ3n) is 10.7. The number of unbranched alkanes of at least 4 members (excludes halogenated alkanes) is 1. The minimum absolute atomic E-state index is 0.0546. The summed E-state index contributed by atoms with van der Waals surface area (Å²) in [4.78, 5) is 66.8. The van der Waals surface area contributed by atoms with Gasteiger partial charge in [0.05, 0.1) is 23.0 Å². The number of allylic oxidation sites excluding steroid dienone is 1. The van der Waals surface area contributed by atoms with Crippen LogP contribution in [0.5, 0.6) is 0 Å². The van der Waals surface area contributed by atoms with Crippen molar-refractivity contribution in [2.75, 3.05) is 25.0 Å². The fourth-order valence-corrected chi connectivity index (χ4v) is 7.68. The van der Waals surface area contributed by atoms with Gasteiger partial charge in [0.25, 0.3) is 11.8 Å². The highest BCUT2D eigenvalue weighted by molar-refractivity contribution is 6.21. The zero-order chi connectivity index (χ0) is 33.6. The van der Waals surface area contributed by atoms with Crippen LogP contribution in [0, 0.1) is 17.3 Å². The first-order chi connectivity index (χ1) is 22.6. The molecule has 47 heavy (non-hydrogen) atoms. The van der Waals surface area contributed by atoms with Gasteiger partial charge in [-0.15, -0.1) is 0 Å². The average molecular weight is 647 g/mol. The van der Waals surface area contributed by atoms with Crippen LogP contribution in [0.4, 0.5) is 10.5 Å². The lowest BCUT2D eigenvalue weighted by atomic mass is 9.72. The second-order valence-corrected chi connectivity index (χ2v) is 14.0. The number of hydrogen-bond acceptors (Lipinski definition) is 5. The van der Waals surface area contributed by atoms with Crippen molar-refractivity contribution in [2.45, 2.75) is 103 Å². The zero-order valence-electron chi connectivity index (χ0n) is 27.9. The quantitative estimate of drug-likeness (QED) is 0.221. The summed E-state index contributed by atoms with van der Waals surface area (Å²) in [5.74, 6) is -0.290. The number of nitrogens with one attached hydrogen (secondary N) is 2. The molecule has 0 saturated heterocycles. The van der Waals surface area contributed by atoms with Crippen LogP contribution in [0.25, 0.3) is 0 Å². The topological polar surface area (TPSA) is 136 Å². The number of aliphatic carboxylic acids is 1. The summed E-state index contributed by atoms with van der Waals surface area (Å²) in [5.41, 5.74) is 1.31. The molecule has 0 spiro atoms. The Labute approximate surface area is 278 Å². The second kappa shape index (κ2) is 15.3. The zero-order valence-corrected chi connectivity index (χ0v) is 27.9. The maximum Gasteiger partial charge on any atom is 0.322 e. The van der Waals surface area contributed by atoms with Gasteiger partial charge in [-0.3, -0.25) is 24.1 Å². The van der Waals surface area contributed by atoms with E-state index in [1.54, 1.807) is 18.2 Å². The first-order valence-electron chi connectivity index (χ1n) is 17.6. The van der Waals surface area contributed by atoms with Crippen LogP contribution in [0.1, 0.15) is 118 Å². The molecule has 10 heteroatoms. The second-order valence-electron chi connectivity index (χ2n) is 14.0. The Morgan fingerprint density at radius 3 is 2.34 bits per heavy atom. The summed E-state index contributed by atoms with van der Waals surface area (Å²) in [6.45, 7) is 4.68. The molecule has 2 fully saturated rings. The average Bonchev–Trinajstić information content (AvgIpc) is 3.31. The van der Waals surface area contributed by atoms with Crippen molar-refractivity contribution in [3.8, 4) is 0 Å². The third kappa shape index (κ3) is 8.14. The molecule has 5 amide bonds. The number of carbonyl (C=O) groups is 5. The van der Waals surface area contributed by atoms with Crippen LogP contribution in [0.3, 0.4) is 0 Å². The summed E-state index contributed by atoms with van der Waals surface area (Å²) in [7, 11) is 0. The van der Waals surface area contributed by atoms with E-state index in [4.69, 9.17) is 5.11 Å². The number of imide groups is 1. The van der Waals surface area contributed by atoms with Gasteiger partial charge in [-0.25, -0.2) is 4.79 Å². The summed E-state index contributed by atoms with van der Waals surface area (Å²) in [6.07, 6.45) is 18.3. The maximum atomic E-state index is 14.0. The van der Waals surface area contributed by atoms with Crippen molar-refractivity contribution in [1.82, 2.24) is 15.1 Å². The van der Waals surface area contributed by atoms with Crippen molar-refractivity contribution in [3.63, 3.8) is 0 Å². The number of nitrogens with zero attached hydrogens (tertiary/aromatic N) is 2. The smallest absolute Gasteiger partial charge is 0.322 e. The van der Waals surface area contributed by atoms with Crippen molar-refractivity contribution < 1.29 is 29.1 Å². The van der Waals surface area contributed by atoms with E-state index in [1.165, 1.54) is 37.0 Å². The molecule has 3 N–H and O–H groups in total. The lowest BCUT2D eigenvalue weighted by Crippen LogP contribution is -2.46. The van der Waals surface area contributed by atoms with Gasteiger partial charge in [0, 0.05) is 31.4 Å². The van der Waals surface area contributed by atoms with Gasteiger partial charge >= 0.3 is 12.0 Å². The molecule has 2 saturated carbocycles. The first kappa shape index (κ1) is 34.4. The standard InChI is InChI=1S/C37H50N4O6/c1-3-4-22-40-33(44)30-15-12-28(23-31(30)34(40)45)39-36(47)41(29-13-10-27(11-14-29)26-8-6-5-7-9-26)24-25-16-19-37(2,20-17-25)35(46)38-21-18-32(42)43/h12,15-17,19,23,26-27,29H,3-11,13-14,18,20-22,24H2,1-2H3,(H,38,46)(H,39,47)(H,42,43). The lowest BCUT2D eigenvalue weighted by molar-refractivity contribution is -0.137.